The standard InChI is InChI=1S/C39H24N2O/c1-2-9-27-24-28(17-16-25(27)8-1)39-40-34-13-4-5-14-35(34)41(39)29-20-18-26(19-21-29)30-22-23-37-38-32(30)11-7-12-33(38)31-10-3-6-15-36(31)42-37/h1-24H. The van der Waals surface area contributed by atoms with Gasteiger partial charge < -0.3 is 4.74 Å². The predicted octanol–water partition coefficient (Wildman–Crippen LogP) is 10.4. The molecule has 2 heterocycles. The van der Waals surface area contributed by atoms with Crippen LogP contribution in [0.2, 0.25) is 0 Å². The van der Waals surface area contributed by atoms with E-state index in [2.05, 4.69) is 132 Å². The molecule has 42 heavy (non-hydrogen) atoms. The first-order valence-corrected chi connectivity index (χ1v) is 14.2. The summed E-state index contributed by atoms with van der Waals surface area (Å²) in [5.41, 5.74) is 8.95. The number of ether oxygens (including phenoxy) is 1. The summed E-state index contributed by atoms with van der Waals surface area (Å²) in [7, 11) is 0. The minimum absolute atomic E-state index is 0.907. The smallest absolute Gasteiger partial charge is 0.145 e. The molecule has 3 nitrogen and oxygen atoms in total. The second-order valence-corrected chi connectivity index (χ2v) is 10.8. The van der Waals surface area contributed by atoms with Gasteiger partial charge in [0.1, 0.15) is 17.3 Å². The van der Waals surface area contributed by atoms with Gasteiger partial charge in [0, 0.05) is 22.2 Å². The maximum atomic E-state index is 6.32. The van der Waals surface area contributed by atoms with Crippen molar-refractivity contribution in [3.05, 3.63) is 146 Å². The van der Waals surface area contributed by atoms with Crippen LogP contribution < -0.4 is 4.74 Å². The van der Waals surface area contributed by atoms with E-state index in [0.717, 1.165) is 56.1 Å². The van der Waals surface area contributed by atoms with Gasteiger partial charge in [0.25, 0.3) is 0 Å². The van der Waals surface area contributed by atoms with Gasteiger partial charge in [-0.05, 0) is 75.3 Å². The fourth-order valence-electron chi connectivity index (χ4n) is 6.43. The van der Waals surface area contributed by atoms with E-state index >= 15 is 0 Å². The second kappa shape index (κ2) is 8.92. The summed E-state index contributed by atoms with van der Waals surface area (Å²) >= 11 is 0. The number of hydrogen-bond acceptors (Lipinski definition) is 2. The quantitative estimate of drug-likeness (QED) is 0.225. The third-order valence-electron chi connectivity index (χ3n) is 8.40. The summed E-state index contributed by atoms with van der Waals surface area (Å²) in [6.45, 7) is 0. The minimum atomic E-state index is 0.907. The van der Waals surface area contributed by atoms with Crippen LogP contribution in [0.25, 0.3) is 71.9 Å². The number of fused-ring (bicyclic) bond motifs is 4. The van der Waals surface area contributed by atoms with Gasteiger partial charge >= 0.3 is 0 Å². The van der Waals surface area contributed by atoms with Crippen molar-refractivity contribution in [2.24, 2.45) is 0 Å². The largest absolute Gasteiger partial charge is 0.456 e. The first-order chi connectivity index (χ1) is 20.8. The molecule has 9 rings (SSSR count). The van der Waals surface area contributed by atoms with Gasteiger partial charge in [0.15, 0.2) is 0 Å². The van der Waals surface area contributed by atoms with Gasteiger partial charge in [-0.2, -0.15) is 0 Å². The van der Waals surface area contributed by atoms with E-state index in [-0.39, 0.29) is 0 Å². The van der Waals surface area contributed by atoms with Crippen molar-refractivity contribution < 1.29 is 4.74 Å². The molecule has 3 heteroatoms. The van der Waals surface area contributed by atoms with E-state index in [1.165, 1.54) is 27.3 Å². The molecular weight excluding hydrogens is 512 g/mol. The Balaban J connectivity index is 1.19. The first kappa shape index (κ1) is 23.1. The third-order valence-corrected chi connectivity index (χ3v) is 8.40. The van der Waals surface area contributed by atoms with Gasteiger partial charge in [-0.1, -0.05) is 103 Å². The Morgan fingerprint density at radius 1 is 0.500 bits per heavy atom. The van der Waals surface area contributed by atoms with Crippen LogP contribution in [0.3, 0.4) is 0 Å². The Morgan fingerprint density at radius 2 is 1.26 bits per heavy atom. The highest BCUT2D eigenvalue weighted by Crippen LogP contribution is 2.48. The Morgan fingerprint density at radius 3 is 2.19 bits per heavy atom. The summed E-state index contributed by atoms with van der Waals surface area (Å²) in [5, 5.41) is 4.79. The lowest BCUT2D eigenvalue weighted by atomic mass is 9.90. The van der Waals surface area contributed by atoms with Crippen LogP contribution >= 0.6 is 0 Å². The molecule has 8 aromatic rings. The highest BCUT2D eigenvalue weighted by atomic mass is 16.5. The zero-order valence-corrected chi connectivity index (χ0v) is 22.7. The van der Waals surface area contributed by atoms with Crippen LogP contribution in [0.1, 0.15) is 0 Å². The average molecular weight is 537 g/mol. The van der Waals surface area contributed by atoms with Crippen molar-refractivity contribution in [1.29, 1.82) is 0 Å². The van der Waals surface area contributed by atoms with Crippen molar-refractivity contribution in [2.45, 2.75) is 0 Å². The van der Waals surface area contributed by atoms with Gasteiger partial charge in [-0.3, -0.25) is 4.57 Å². The van der Waals surface area contributed by atoms with Crippen molar-refractivity contribution in [3.63, 3.8) is 0 Å². The van der Waals surface area contributed by atoms with E-state index in [9.17, 15) is 0 Å². The summed E-state index contributed by atoms with van der Waals surface area (Å²) in [4.78, 5) is 5.09. The molecule has 1 aliphatic rings. The number of hydrogen-bond donors (Lipinski definition) is 0. The summed E-state index contributed by atoms with van der Waals surface area (Å²) in [5.74, 6) is 2.75. The normalized spacial score (nSPS) is 12.0. The fraction of sp³-hybridized carbons (Fsp3) is 0. The molecule has 0 aliphatic carbocycles. The number of imidazole rings is 1. The lowest BCUT2D eigenvalue weighted by Gasteiger charge is -2.22. The molecule has 0 spiro atoms. The zero-order valence-electron chi connectivity index (χ0n) is 22.7. The number of para-hydroxylation sites is 3. The van der Waals surface area contributed by atoms with Gasteiger partial charge in [0.05, 0.1) is 11.0 Å². The van der Waals surface area contributed by atoms with Crippen LogP contribution in [0, 0.1) is 0 Å². The second-order valence-electron chi connectivity index (χ2n) is 10.8. The van der Waals surface area contributed by atoms with E-state index in [4.69, 9.17) is 9.72 Å². The van der Waals surface area contributed by atoms with Gasteiger partial charge in [-0.15, -0.1) is 0 Å². The van der Waals surface area contributed by atoms with Gasteiger partial charge in [-0.25, -0.2) is 4.98 Å². The number of rotatable bonds is 3. The van der Waals surface area contributed by atoms with Crippen molar-refractivity contribution >= 4 is 32.6 Å². The van der Waals surface area contributed by atoms with Crippen LogP contribution in [0.15, 0.2) is 146 Å². The molecule has 0 saturated carbocycles. The molecule has 7 aromatic carbocycles. The highest BCUT2D eigenvalue weighted by molar-refractivity contribution is 6.09. The van der Waals surface area contributed by atoms with E-state index in [1.54, 1.807) is 0 Å². The summed E-state index contributed by atoms with van der Waals surface area (Å²) in [6, 6.07) is 51.3. The third kappa shape index (κ3) is 3.44. The Bertz CT molecular complexity index is 2330. The minimum Gasteiger partial charge on any atom is -0.456 e. The number of nitrogens with zero attached hydrogens (tertiary/aromatic N) is 2. The summed E-state index contributed by atoms with van der Waals surface area (Å²) in [6.07, 6.45) is 0. The predicted molar refractivity (Wildman–Crippen MR) is 172 cm³/mol. The molecule has 0 bridgehead atoms. The molecule has 0 fully saturated rings. The van der Waals surface area contributed by atoms with Gasteiger partial charge in [0.2, 0.25) is 0 Å². The lowest BCUT2D eigenvalue weighted by Crippen LogP contribution is -1.98. The van der Waals surface area contributed by atoms with Crippen LogP contribution in [0.5, 0.6) is 11.5 Å². The molecule has 0 saturated heterocycles. The average Bonchev–Trinajstić information content (AvgIpc) is 3.45. The molecule has 0 unspecified atom stereocenters. The van der Waals surface area contributed by atoms with Crippen LogP contribution in [-0.2, 0) is 0 Å². The highest BCUT2D eigenvalue weighted by Gasteiger charge is 2.21. The van der Waals surface area contributed by atoms with Crippen molar-refractivity contribution in [1.82, 2.24) is 9.55 Å². The molecule has 0 atom stereocenters. The number of benzene rings is 7. The SMILES string of the molecule is c1ccc2c(c1)Oc1ccc(-c3ccc(-n4c(-c5ccc6ccccc6c5)nc5ccccc54)cc3)c3cccc-2c13. The first-order valence-electron chi connectivity index (χ1n) is 14.2. The maximum absolute atomic E-state index is 6.32. The van der Waals surface area contributed by atoms with E-state index in [0.29, 0.717) is 0 Å². The number of aromatic nitrogens is 2. The van der Waals surface area contributed by atoms with E-state index in [1.807, 2.05) is 18.2 Å². The Labute approximate surface area is 242 Å². The molecule has 1 aliphatic heterocycles. The molecule has 0 N–H and O–H groups in total. The monoisotopic (exact) mass is 536 g/mol. The summed E-state index contributed by atoms with van der Waals surface area (Å²) < 4.78 is 8.59. The van der Waals surface area contributed by atoms with Crippen molar-refractivity contribution in [2.75, 3.05) is 0 Å². The van der Waals surface area contributed by atoms with E-state index < -0.39 is 0 Å². The topological polar surface area (TPSA) is 27.1 Å². The molecule has 1 aromatic heterocycles. The maximum Gasteiger partial charge on any atom is 0.145 e. The molecule has 0 amide bonds. The van der Waals surface area contributed by atoms with Crippen molar-refractivity contribution in [3.8, 4) is 50.8 Å². The Hall–Kier alpha value is -5.67. The Kier molecular flexibility index (Phi) is 4.90. The van der Waals surface area contributed by atoms with Crippen LogP contribution in [0.4, 0.5) is 0 Å². The molecule has 196 valence electrons. The van der Waals surface area contributed by atoms with Crippen LogP contribution in [-0.4, -0.2) is 9.55 Å². The molecular formula is C39H24N2O. The molecule has 0 radical (unpaired) electrons. The lowest BCUT2D eigenvalue weighted by molar-refractivity contribution is 0.487. The fourth-order valence-corrected chi connectivity index (χ4v) is 6.43. The zero-order chi connectivity index (χ0) is 27.6.